The minimum atomic E-state index is -0.367. The van der Waals surface area contributed by atoms with Gasteiger partial charge in [-0.2, -0.15) is 0 Å². The fourth-order valence-corrected chi connectivity index (χ4v) is 6.82. The highest BCUT2D eigenvalue weighted by molar-refractivity contribution is 7.13. The molecule has 0 N–H and O–H groups in total. The maximum absolute atomic E-state index is 13.4. The van der Waals surface area contributed by atoms with Gasteiger partial charge in [-0.25, -0.2) is 9.37 Å². The van der Waals surface area contributed by atoms with Crippen LogP contribution in [0.15, 0.2) is 23.6 Å². The molecule has 1 aromatic carbocycles. The molecule has 1 heterocycles. The molecule has 120 valence electrons. The predicted octanol–water partition coefficient (Wildman–Crippen LogP) is 6.07. The number of hydrogen-bond acceptors (Lipinski definition) is 2. The third kappa shape index (κ3) is 2.27. The van der Waals surface area contributed by atoms with Crippen molar-refractivity contribution in [2.24, 2.45) is 17.8 Å². The molecule has 23 heavy (non-hydrogen) atoms. The van der Waals surface area contributed by atoms with E-state index in [9.17, 15) is 4.39 Å². The molecule has 6 rings (SSSR count). The Kier molecular flexibility index (Phi) is 3.15. The Morgan fingerprint density at radius 1 is 1.09 bits per heavy atom. The zero-order valence-electron chi connectivity index (χ0n) is 12.9. The monoisotopic (exact) mass is 347 g/mol. The van der Waals surface area contributed by atoms with Crippen molar-refractivity contribution >= 4 is 22.9 Å². The topological polar surface area (TPSA) is 12.9 Å². The van der Waals surface area contributed by atoms with Crippen LogP contribution in [0.1, 0.15) is 44.2 Å². The second kappa shape index (κ2) is 5.03. The number of halogens is 2. The molecule has 0 atom stereocenters. The SMILES string of the molecule is Fc1ccc(-c2nc(C34CC5CC(CC(C5)C3)C4)cs2)cc1Cl. The Labute approximate surface area is 144 Å². The van der Waals surface area contributed by atoms with E-state index in [1.165, 1.54) is 50.3 Å². The third-order valence-corrected chi connectivity index (χ3v) is 7.43. The molecule has 0 aliphatic heterocycles. The van der Waals surface area contributed by atoms with Crippen LogP contribution in [-0.2, 0) is 5.41 Å². The summed E-state index contributed by atoms with van der Waals surface area (Å²) in [6.07, 6.45) is 8.32. The molecule has 0 spiro atoms. The van der Waals surface area contributed by atoms with Crippen molar-refractivity contribution in [3.05, 3.63) is 40.1 Å². The van der Waals surface area contributed by atoms with Gasteiger partial charge in [-0.05, 0) is 74.5 Å². The van der Waals surface area contributed by atoms with Gasteiger partial charge in [0.05, 0.1) is 10.7 Å². The molecule has 0 amide bonds. The van der Waals surface area contributed by atoms with Crippen molar-refractivity contribution in [2.75, 3.05) is 0 Å². The number of thiazole rings is 1. The van der Waals surface area contributed by atoms with E-state index in [1.54, 1.807) is 23.5 Å². The number of nitrogens with zero attached hydrogens (tertiary/aromatic N) is 1. The quantitative estimate of drug-likeness (QED) is 0.642. The van der Waals surface area contributed by atoms with Crippen molar-refractivity contribution in [3.8, 4) is 10.6 Å². The van der Waals surface area contributed by atoms with Crippen LogP contribution in [-0.4, -0.2) is 4.98 Å². The van der Waals surface area contributed by atoms with Gasteiger partial charge in [0.2, 0.25) is 0 Å². The van der Waals surface area contributed by atoms with Crippen molar-refractivity contribution < 1.29 is 4.39 Å². The van der Waals surface area contributed by atoms with Crippen LogP contribution in [0.2, 0.25) is 5.02 Å². The van der Waals surface area contributed by atoms with Gasteiger partial charge in [-0.1, -0.05) is 11.6 Å². The van der Waals surface area contributed by atoms with Crippen molar-refractivity contribution in [1.29, 1.82) is 0 Å². The molecule has 4 bridgehead atoms. The first-order valence-electron chi connectivity index (χ1n) is 8.53. The lowest BCUT2D eigenvalue weighted by Crippen LogP contribution is -2.48. The Hall–Kier alpha value is -0.930. The van der Waals surface area contributed by atoms with Gasteiger partial charge >= 0.3 is 0 Å². The van der Waals surface area contributed by atoms with E-state index in [0.29, 0.717) is 5.41 Å². The zero-order valence-corrected chi connectivity index (χ0v) is 14.5. The highest BCUT2D eigenvalue weighted by Crippen LogP contribution is 2.60. The largest absolute Gasteiger partial charge is 0.241 e. The van der Waals surface area contributed by atoms with E-state index in [2.05, 4.69) is 5.38 Å². The van der Waals surface area contributed by atoms with Crippen molar-refractivity contribution in [3.63, 3.8) is 0 Å². The number of aromatic nitrogens is 1. The molecular weight excluding hydrogens is 329 g/mol. The van der Waals surface area contributed by atoms with E-state index in [0.717, 1.165) is 28.3 Å². The minimum Gasteiger partial charge on any atom is -0.241 e. The zero-order chi connectivity index (χ0) is 15.6. The first-order chi connectivity index (χ1) is 11.1. The molecule has 0 radical (unpaired) electrons. The summed E-state index contributed by atoms with van der Waals surface area (Å²) in [6, 6.07) is 4.91. The first-order valence-corrected chi connectivity index (χ1v) is 9.78. The molecule has 4 fully saturated rings. The summed E-state index contributed by atoms with van der Waals surface area (Å²) in [6.45, 7) is 0. The maximum atomic E-state index is 13.4. The van der Waals surface area contributed by atoms with Crippen LogP contribution in [0.4, 0.5) is 4.39 Å². The van der Waals surface area contributed by atoms with Gasteiger partial charge in [-0.15, -0.1) is 11.3 Å². The summed E-state index contributed by atoms with van der Waals surface area (Å²) < 4.78 is 13.4. The van der Waals surface area contributed by atoms with Gasteiger partial charge in [0.15, 0.2) is 0 Å². The van der Waals surface area contributed by atoms with Gasteiger partial charge in [0.1, 0.15) is 10.8 Å². The van der Waals surface area contributed by atoms with E-state index in [1.807, 2.05) is 0 Å². The highest BCUT2D eigenvalue weighted by atomic mass is 35.5. The molecule has 4 heteroatoms. The van der Waals surface area contributed by atoms with Gasteiger partial charge < -0.3 is 0 Å². The smallest absolute Gasteiger partial charge is 0.141 e. The van der Waals surface area contributed by atoms with Crippen LogP contribution >= 0.6 is 22.9 Å². The Morgan fingerprint density at radius 3 is 2.35 bits per heavy atom. The molecule has 1 aromatic heterocycles. The Bertz CT molecular complexity index is 733. The van der Waals surface area contributed by atoms with E-state index < -0.39 is 0 Å². The molecule has 2 aromatic rings. The first kappa shape index (κ1) is 14.4. The van der Waals surface area contributed by atoms with Gasteiger partial charge in [0.25, 0.3) is 0 Å². The average molecular weight is 348 g/mol. The normalized spacial score (nSPS) is 35.0. The predicted molar refractivity (Wildman–Crippen MR) is 92.4 cm³/mol. The van der Waals surface area contributed by atoms with Crippen LogP contribution < -0.4 is 0 Å². The van der Waals surface area contributed by atoms with Crippen LogP contribution in [0, 0.1) is 23.6 Å². The molecule has 4 aliphatic carbocycles. The lowest BCUT2D eigenvalue weighted by Gasteiger charge is -2.56. The van der Waals surface area contributed by atoms with Crippen LogP contribution in [0.5, 0.6) is 0 Å². The molecule has 1 nitrogen and oxygen atoms in total. The van der Waals surface area contributed by atoms with Crippen molar-refractivity contribution in [1.82, 2.24) is 4.98 Å². The van der Waals surface area contributed by atoms with E-state index in [-0.39, 0.29) is 10.8 Å². The number of benzene rings is 1. The summed E-state index contributed by atoms with van der Waals surface area (Å²) in [4.78, 5) is 4.98. The number of hydrogen-bond donors (Lipinski definition) is 0. The summed E-state index contributed by atoms with van der Waals surface area (Å²) >= 11 is 7.60. The lowest BCUT2D eigenvalue weighted by atomic mass is 9.49. The van der Waals surface area contributed by atoms with Gasteiger partial charge in [0, 0.05) is 16.4 Å². The Balaban J connectivity index is 1.51. The molecule has 0 saturated heterocycles. The summed E-state index contributed by atoms with van der Waals surface area (Å²) in [5, 5.41) is 3.39. The fraction of sp³-hybridized carbons (Fsp3) is 0.526. The fourth-order valence-electron chi connectivity index (χ4n) is 5.70. The number of rotatable bonds is 2. The molecule has 0 unspecified atom stereocenters. The third-order valence-electron chi connectivity index (χ3n) is 6.25. The summed E-state index contributed by atoms with van der Waals surface area (Å²) in [7, 11) is 0. The van der Waals surface area contributed by atoms with Crippen LogP contribution in [0.25, 0.3) is 10.6 Å². The lowest BCUT2D eigenvalue weighted by molar-refractivity contribution is -0.00689. The summed E-state index contributed by atoms with van der Waals surface area (Å²) in [5.74, 6) is 2.40. The standard InChI is InChI=1S/C19H19ClFNS/c20-15-6-14(1-2-16(15)21)18-22-17(10-23-18)19-7-11-3-12(8-19)5-13(4-11)9-19/h1-2,6,10-13H,3-5,7-9H2. The highest BCUT2D eigenvalue weighted by Gasteiger charge is 2.52. The molecule has 4 aliphatic rings. The van der Waals surface area contributed by atoms with Gasteiger partial charge in [-0.3, -0.25) is 0 Å². The van der Waals surface area contributed by atoms with E-state index in [4.69, 9.17) is 16.6 Å². The minimum absolute atomic E-state index is 0.175. The average Bonchev–Trinajstić information content (AvgIpc) is 2.99. The second-order valence-corrected chi connectivity index (χ2v) is 9.13. The molecule has 4 saturated carbocycles. The van der Waals surface area contributed by atoms with Crippen LogP contribution in [0.3, 0.4) is 0 Å². The van der Waals surface area contributed by atoms with E-state index >= 15 is 0 Å². The molecular formula is C19H19ClFNS. The Morgan fingerprint density at radius 2 is 1.74 bits per heavy atom. The maximum Gasteiger partial charge on any atom is 0.141 e. The summed E-state index contributed by atoms with van der Waals surface area (Å²) in [5.41, 5.74) is 2.54. The second-order valence-electron chi connectivity index (χ2n) is 7.86. The van der Waals surface area contributed by atoms with Crippen molar-refractivity contribution in [2.45, 2.75) is 43.9 Å².